The van der Waals surface area contributed by atoms with Crippen molar-refractivity contribution in [3.63, 3.8) is 0 Å². The maximum atomic E-state index is 13.3. The third-order valence-corrected chi connectivity index (χ3v) is 8.81. The number of oxime groups is 1. The molecule has 0 bridgehead atoms. The molecule has 5 rings (SSSR count). The van der Waals surface area contributed by atoms with Gasteiger partial charge in [0.1, 0.15) is 35.5 Å². The number of carboxylic acid groups (broad SMARTS) is 1. The largest absolute Gasteiger partial charge is 0.477 e. The van der Waals surface area contributed by atoms with E-state index in [1.54, 1.807) is 43.8 Å². The van der Waals surface area contributed by atoms with Crippen molar-refractivity contribution in [3.05, 3.63) is 47.3 Å². The van der Waals surface area contributed by atoms with Crippen LogP contribution in [0.4, 0.5) is 9.93 Å². The molecule has 2 aliphatic rings. The molecule has 2 atom stereocenters. The summed E-state index contributed by atoms with van der Waals surface area (Å²) in [7, 11) is 1.36. The van der Waals surface area contributed by atoms with E-state index in [0.29, 0.717) is 11.2 Å². The van der Waals surface area contributed by atoms with E-state index in [4.69, 9.17) is 20.0 Å². The fraction of sp³-hybridized carbons (Fsp3) is 0.429. The van der Waals surface area contributed by atoms with Crippen LogP contribution in [-0.4, -0.2) is 114 Å². The Kier molecular flexibility index (Phi) is 10.8. The first-order chi connectivity index (χ1) is 23.8. The summed E-state index contributed by atoms with van der Waals surface area (Å²) < 4.78 is 17.1. The molecule has 6 N–H and O–H groups in total. The highest BCUT2D eigenvalue weighted by atomic mass is 32.2. The monoisotopic (exact) mass is 732 g/mol. The van der Waals surface area contributed by atoms with Crippen LogP contribution in [0.2, 0.25) is 0 Å². The second kappa shape index (κ2) is 15.0. The molecule has 0 unspecified atom stereocenters. The molecule has 0 aliphatic carbocycles. The Hall–Kier alpha value is -5.35. The molecule has 0 saturated carbocycles. The number of carbonyl (C=O) groups is 5. The van der Waals surface area contributed by atoms with Crippen LogP contribution in [-0.2, 0) is 35.2 Å². The molecule has 20 nitrogen and oxygen atoms in total. The molecule has 22 heteroatoms. The number of carboxylic acids is 1. The smallest absolute Gasteiger partial charge is 0.407 e. The number of β-lactam (4-membered cyclic amide) rings is 1. The van der Waals surface area contributed by atoms with Gasteiger partial charge in [0.05, 0.1) is 0 Å². The minimum Gasteiger partial charge on any atom is -0.477 e. The number of alkyl carbamates (subject to hydrolysis) is 1. The highest BCUT2D eigenvalue weighted by molar-refractivity contribution is 8.00. The maximum absolute atomic E-state index is 13.3. The van der Waals surface area contributed by atoms with Gasteiger partial charge >= 0.3 is 17.7 Å². The van der Waals surface area contributed by atoms with Crippen molar-refractivity contribution < 1.29 is 48.0 Å². The van der Waals surface area contributed by atoms with Crippen molar-refractivity contribution >= 4 is 69.6 Å². The van der Waals surface area contributed by atoms with Crippen LogP contribution in [0.1, 0.15) is 37.1 Å². The molecule has 2 aliphatic heterocycles. The number of methoxy groups -OCH3 is 1. The van der Waals surface area contributed by atoms with E-state index in [1.165, 1.54) is 29.5 Å². The number of carbonyl (C=O) groups excluding carboxylic acids is 4. The van der Waals surface area contributed by atoms with Gasteiger partial charge in [0.25, 0.3) is 17.7 Å². The number of imidazole rings is 1. The lowest BCUT2D eigenvalue weighted by Crippen LogP contribution is -2.71. The third-order valence-electron chi connectivity index (χ3n) is 6.93. The average Bonchev–Trinajstić information content (AvgIpc) is 3.67. The highest BCUT2D eigenvalue weighted by Crippen LogP contribution is 2.40. The van der Waals surface area contributed by atoms with Gasteiger partial charge in [-0.15, -0.1) is 16.3 Å². The summed E-state index contributed by atoms with van der Waals surface area (Å²) >= 11 is 2.12. The van der Waals surface area contributed by atoms with E-state index in [0.717, 1.165) is 16.4 Å². The summed E-state index contributed by atoms with van der Waals surface area (Å²) in [6.45, 7) is 5.37. The molecule has 4 amide bonds. The zero-order chi connectivity index (χ0) is 36.2. The number of nitrogens with zero attached hydrogens (tertiary/aromatic N) is 7. The van der Waals surface area contributed by atoms with Crippen molar-refractivity contribution in [1.82, 2.24) is 39.8 Å². The molecule has 266 valence electrons. The Labute approximate surface area is 292 Å². The van der Waals surface area contributed by atoms with Crippen molar-refractivity contribution in [3.8, 4) is 0 Å². The van der Waals surface area contributed by atoms with Gasteiger partial charge in [0.15, 0.2) is 17.0 Å². The Bertz CT molecular complexity index is 1880. The molecule has 0 aromatic carbocycles. The average molecular weight is 733 g/mol. The predicted octanol–water partition coefficient (Wildman–Crippen LogP) is -0.927. The first-order valence-electron chi connectivity index (χ1n) is 14.9. The zero-order valence-electron chi connectivity index (χ0n) is 27.2. The summed E-state index contributed by atoms with van der Waals surface area (Å²) in [5, 5.41) is 25.4. The van der Waals surface area contributed by atoms with Gasteiger partial charge in [-0.3, -0.25) is 19.3 Å². The van der Waals surface area contributed by atoms with Crippen LogP contribution >= 0.6 is 23.3 Å². The number of nitrogen functional groups attached to an aromatic ring is 1. The van der Waals surface area contributed by atoms with Crippen molar-refractivity contribution in [2.24, 2.45) is 5.16 Å². The number of anilines is 1. The Morgan fingerprint density at radius 1 is 1.20 bits per heavy atom. The van der Waals surface area contributed by atoms with Crippen molar-refractivity contribution in [2.45, 2.75) is 44.3 Å². The summed E-state index contributed by atoms with van der Waals surface area (Å²) in [6.07, 6.45) is 2.68. The number of fused-ring (bicyclic) bond motifs is 2. The predicted molar refractivity (Wildman–Crippen MR) is 175 cm³/mol. The second-order valence-electron chi connectivity index (χ2n) is 11.7. The summed E-state index contributed by atoms with van der Waals surface area (Å²) in [4.78, 5) is 73.4. The van der Waals surface area contributed by atoms with Gasteiger partial charge in [-0.25, -0.2) is 14.2 Å². The minimum atomic E-state index is -1.30. The second-order valence-corrected chi connectivity index (χ2v) is 13.6. The number of thioether (sulfide) groups is 1. The summed E-state index contributed by atoms with van der Waals surface area (Å²) in [5.41, 5.74) is 5.60. The van der Waals surface area contributed by atoms with Gasteiger partial charge < -0.3 is 41.1 Å². The van der Waals surface area contributed by atoms with Crippen LogP contribution in [0.5, 0.6) is 0 Å². The number of aliphatic carboxylic acids is 1. The number of amides is 4. The summed E-state index contributed by atoms with van der Waals surface area (Å²) in [6, 6.07) is 2.11. The molecular weight excluding hydrogens is 699 g/mol. The van der Waals surface area contributed by atoms with E-state index >= 15 is 0 Å². The lowest BCUT2D eigenvalue weighted by molar-refractivity contribution is -0.662. The molecular formula is C28H34N11O9S2+. The first-order valence-corrected chi connectivity index (χ1v) is 16.7. The third kappa shape index (κ3) is 8.09. The first kappa shape index (κ1) is 35.9. The van der Waals surface area contributed by atoms with Crippen LogP contribution in [0.15, 0.2) is 41.0 Å². The van der Waals surface area contributed by atoms with Crippen molar-refractivity contribution in [1.29, 1.82) is 0 Å². The zero-order valence-corrected chi connectivity index (χ0v) is 28.9. The number of ether oxygens (including phenoxy) is 2. The molecule has 0 spiro atoms. The minimum absolute atomic E-state index is 0.0851. The quantitative estimate of drug-likeness (QED) is 0.0356. The fourth-order valence-corrected chi connectivity index (χ4v) is 6.64. The van der Waals surface area contributed by atoms with E-state index in [9.17, 15) is 29.1 Å². The number of nitrogens with one attached hydrogen (secondary N) is 3. The number of aromatic nitrogens is 5. The lowest BCUT2D eigenvalue weighted by atomic mass is 10.0. The Morgan fingerprint density at radius 3 is 2.64 bits per heavy atom. The lowest BCUT2D eigenvalue weighted by Gasteiger charge is -2.49. The maximum Gasteiger partial charge on any atom is 0.407 e. The normalized spacial score (nSPS) is 17.6. The van der Waals surface area contributed by atoms with Gasteiger partial charge in [0.2, 0.25) is 18.3 Å². The van der Waals surface area contributed by atoms with E-state index < -0.39 is 46.8 Å². The molecule has 3 aromatic heterocycles. The van der Waals surface area contributed by atoms with Crippen molar-refractivity contribution in [2.75, 3.05) is 38.5 Å². The van der Waals surface area contributed by atoms with Gasteiger partial charge in [0, 0.05) is 49.1 Å². The molecule has 3 aromatic rings. The van der Waals surface area contributed by atoms with Crippen LogP contribution < -0.4 is 26.3 Å². The van der Waals surface area contributed by atoms with Crippen LogP contribution in [0, 0.1) is 0 Å². The molecule has 50 heavy (non-hydrogen) atoms. The fourth-order valence-electron chi connectivity index (χ4n) is 4.87. The Morgan fingerprint density at radius 2 is 1.96 bits per heavy atom. The molecule has 5 heterocycles. The van der Waals surface area contributed by atoms with Crippen LogP contribution in [0.25, 0.3) is 5.65 Å². The van der Waals surface area contributed by atoms with E-state index in [-0.39, 0.29) is 60.2 Å². The molecule has 0 radical (unpaired) electrons. The van der Waals surface area contributed by atoms with E-state index in [1.807, 2.05) is 0 Å². The number of nitrogens with two attached hydrogens (primary N) is 1. The number of hydrogen-bond acceptors (Lipinski definition) is 15. The highest BCUT2D eigenvalue weighted by Gasteiger charge is 2.54. The van der Waals surface area contributed by atoms with Gasteiger partial charge in [-0.05, 0) is 26.8 Å². The standard InChI is InChI=1S/C28H33N11O9S2/c1-28(2,3)48-27(45)31-8-7-30-21(40)15-5-6-16-37(9-10-38(16)34-15)11-14-12-49-24-18(23(42)39(24)19(14)25(43)44)32-22(41)17(35-47-13-46-4)20-33-26(29)50-36-20/h5-6,9-10,18,24H,7-8,11-13H2,1-4H3,(H5-,29,30,31,32,33,36,40,41,43,44,45)/p+1/b35-17-/t18-,24-/m1/s1. The topological polar surface area (TPSA) is 258 Å². The van der Waals surface area contributed by atoms with Crippen LogP contribution in [0.3, 0.4) is 0 Å². The number of rotatable bonds is 13. The Balaban J connectivity index is 1.24. The van der Waals surface area contributed by atoms with E-state index in [2.05, 4.69) is 35.6 Å². The number of hydrogen-bond donors (Lipinski definition) is 5. The van der Waals surface area contributed by atoms with Gasteiger partial charge in [-0.2, -0.15) is 9.36 Å². The molecule has 1 saturated heterocycles. The molecule has 1 fully saturated rings. The van der Waals surface area contributed by atoms with Gasteiger partial charge in [-0.1, -0.05) is 10.3 Å². The SMILES string of the molecule is COCO/N=C(\C(=O)N[C@@H]1C(=O)N2C(C(=O)O)=C(C[n+]3ccn4nc(C(=O)NCCNC(=O)OC(C)(C)C)ccc43)CS[C@H]12)c1nsc(N)n1. The summed E-state index contributed by atoms with van der Waals surface area (Å²) in [5.74, 6) is -3.09.